The summed E-state index contributed by atoms with van der Waals surface area (Å²) in [5, 5.41) is 0. The van der Waals surface area contributed by atoms with Crippen molar-refractivity contribution in [2.24, 2.45) is 0 Å². The van der Waals surface area contributed by atoms with Gasteiger partial charge in [-0.25, -0.2) is 4.57 Å². The van der Waals surface area contributed by atoms with Crippen LogP contribution in [0, 0.1) is 0 Å². The first kappa shape index (κ1) is 16.8. The predicted molar refractivity (Wildman–Crippen MR) is 23.4 cm³/mol. The number of hydrogen-bond acceptors (Lipinski definition) is 1. The molecule has 0 saturated heterocycles. The van der Waals surface area contributed by atoms with Gasteiger partial charge in [-0.1, -0.05) is 0 Å². The summed E-state index contributed by atoms with van der Waals surface area (Å²) < 4.78 is 8.46. The fraction of sp³-hybridized carbons (Fsp3) is 0. The van der Waals surface area contributed by atoms with E-state index < -0.39 is 8.69 Å². The van der Waals surface area contributed by atoms with E-state index in [4.69, 9.17) is 9.46 Å². The van der Waals surface area contributed by atoms with Gasteiger partial charge in [-0.05, 0) is 0 Å². The predicted octanol–water partition coefficient (Wildman–Crippen LogP) is -1.82. The molecule has 5 heavy (non-hydrogen) atoms. The second kappa shape index (κ2) is 20.6. The molecule has 0 amide bonds. The van der Waals surface area contributed by atoms with E-state index in [1.165, 1.54) is 0 Å². The molecule has 34 valence electrons. The second-order valence-electron chi connectivity index (χ2n) is 0.0816. The monoisotopic (exact) mass is 294 g/mol. The summed E-state index contributed by atoms with van der Waals surface area (Å²) in [4.78, 5) is 6.99. The summed E-state index contributed by atoms with van der Waals surface area (Å²) in [6.07, 6.45) is 0. The molecule has 0 aliphatic carbocycles. The van der Waals surface area contributed by atoms with E-state index in [-0.39, 0.29) is 31.7 Å². The average molecular weight is 294 g/mol. The minimum absolute atomic E-state index is 0. The molecule has 0 rings (SSSR count). The van der Waals surface area contributed by atoms with Crippen LogP contribution in [0.5, 0.6) is 0 Å². The summed E-state index contributed by atoms with van der Waals surface area (Å²) >= 11 is 0. The third kappa shape index (κ3) is 50.7. The van der Waals surface area contributed by atoms with Gasteiger partial charge in [-0.2, -0.15) is 0 Å². The molecule has 0 aromatic carbocycles. The van der Waals surface area contributed by atoms with Gasteiger partial charge in [0.05, 0.1) is 0 Å². The first-order valence-electron chi connectivity index (χ1n) is 0.383. The van der Waals surface area contributed by atoms with Crippen LogP contribution in [0.1, 0.15) is 0 Å². The van der Waals surface area contributed by atoms with Crippen molar-refractivity contribution in [2.75, 3.05) is 0 Å². The Hall–Kier alpha value is 0.903. The summed E-state index contributed by atoms with van der Waals surface area (Å²) in [6, 6.07) is 0. The van der Waals surface area contributed by atoms with Crippen LogP contribution in [-0.4, -0.2) is 36.6 Å². The summed E-state index contributed by atoms with van der Waals surface area (Å²) in [5.41, 5.74) is 0. The van der Waals surface area contributed by atoms with E-state index in [0.29, 0.717) is 0 Å². The summed E-state index contributed by atoms with van der Waals surface area (Å²) in [6.45, 7) is 0. The molecule has 3 N–H and O–H groups in total. The zero-order chi connectivity index (χ0) is 2.71. The normalized spacial score (nSPS) is 4.20. The Balaban J connectivity index is -0.0000000200. The number of rotatable bonds is 0. The minimum atomic E-state index is -0.833. The first-order chi connectivity index (χ1) is 1.41. The van der Waals surface area contributed by atoms with E-state index in [1.54, 1.807) is 0 Å². The topological polar surface area (TPSA) is 68.8 Å². The average Bonchev–Trinajstić information content (AvgIpc) is 0.918. The van der Waals surface area contributed by atoms with E-state index in [1.807, 2.05) is 0 Å². The Morgan fingerprint density at radius 2 is 1.60 bits per heavy atom. The number of hydrogen-bond donors (Lipinski definition) is 1. The van der Waals surface area contributed by atoms with Crippen molar-refractivity contribution in [3.8, 4) is 0 Å². The third-order valence-electron chi connectivity index (χ3n) is 0. The summed E-state index contributed by atoms with van der Waals surface area (Å²) in [5.74, 6) is 0. The molecule has 5 heteroatoms. The van der Waals surface area contributed by atoms with Crippen LogP contribution in [-0.2, 0) is 4.57 Å². The standard InChI is InChI=1S/Bi.HO2P.H2O.3H/c;1-3-2;;;;/h;(H,1,2);1H2;;;. The molecule has 0 aliphatic heterocycles. The zero-order valence-corrected chi connectivity index (χ0v) is 8.90. The molecule has 0 unspecified atom stereocenters. The molecule has 0 aromatic rings. The molecular weight excluding hydrogens is 288 g/mol. The van der Waals surface area contributed by atoms with Crippen LogP contribution in [0.2, 0.25) is 0 Å². The molecule has 0 saturated carbocycles. The Labute approximate surface area is 50.1 Å². The maximum atomic E-state index is 8.46. The molecule has 0 spiro atoms. The Bertz CT molecular complexity index is 14.4. The quantitative estimate of drug-likeness (QED) is 0.422. The zero-order valence-electron chi connectivity index (χ0n) is 2.51. The molecule has 0 aromatic heterocycles. The van der Waals surface area contributed by atoms with Crippen LogP contribution >= 0.6 is 8.69 Å². The van der Waals surface area contributed by atoms with Gasteiger partial charge in [0, 0.05) is 0 Å². The van der Waals surface area contributed by atoms with Crippen molar-refractivity contribution in [2.45, 2.75) is 0 Å². The van der Waals surface area contributed by atoms with Crippen molar-refractivity contribution in [3.05, 3.63) is 0 Å². The molecule has 0 atom stereocenters. The van der Waals surface area contributed by atoms with Crippen LogP contribution in [0.15, 0.2) is 0 Å². The van der Waals surface area contributed by atoms with Crippen molar-refractivity contribution in [1.82, 2.24) is 0 Å². The molecule has 0 bridgehead atoms. The fourth-order valence-electron chi connectivity index (χ4n) is 0. The van der Waals surface area contributed by atoms with E-state index in [2.05, 4.69) is 0 Å². The van der Waals surface area contributed by atoms with Crippen molar-refractivity contribution in [3.63, 3.8) is 0 Å². The van der Waals surface area contributed by atoms with Crippen LogP contribution in [0.3, 0.4) is 0 Å². The molecule has 3 nitrogen and oxygen atoms in total. The SMILES string of the molecule is O.O=PO.[BiH3]. The van der Waals surface area contributed by atoms with E-state index in [0.717, 1.165) is 0 Å². The van der Waals surface area contributed by atoms with Gasteiger partial charge in [-0.3, -0.25) is 0 Å². The van der Waals surface area contributed by atoms with Gasteiger partial charge in [0.25, 0.3) is 0 Å². The van der Waals surface area contributed by atoms with Gasteiger partial charge in [0.2, 0.25) is 0 Å². The van der Waals surface area contributed by atoms with Crippen molar-refractivity contribution < 1.29 is 14.9 Å². The maximum absolute atomic E-state index is 8.46. The van der Waals surface area contributed by atoms with Gasteiger partial charge < -0.3 is 10.4 Å². The van der Waals surface area contributed by atoms with Crippen LogP contribution < -0.4 is 0 Å². The van der Waals surface area contributed by atoms with Gasteiger partial charge >= 0.3 is 34.9 Å². The molecule has 0 aliphatic rings. The van der Waals surface area contributed by atoms with Gasteiger partial charge in [0.1, 0.15) is 0 Å². The van der Waals surface area contributed by atoms with Crippen molar-refractivity contribution in [1.29, 1.82) is 0 Å². The second-order valence-corrected chi connectivity index (χ2v) is 0.245. The summed E-state index contributed by atoms with van der Waals surface area (Å²) in [7, 11) is -0.833. The Morgan fingerprint density at radius 1 is 1.60 bits per heavy atom. The molecule has 0 fully saturated rings. The Kier molecular flexibility index (Phi) is 69.5. The molecule has 0 heterocycles. The third-order valence-corrected chi connectivity index (χ3v) is 0. The fourth-order valence-corrected chi connectivity index (χ4v) is 0. The van der Waals surface area contributed by atoms with E-state index >= 15 is 0 Å². The van der Waals surface area contributed by atoms with Crippen molar-refractivity contribution >= 4 is 34.9 Å². The van der Waals surface area contributed by atoms with Gasteiger partial charge in [0.15, 0.2) is 0 Å². The Morgan fingerprint density at radius 3 is 1.60 bits per heavy atom. The van der Waals surface area contributed by atoms with Crippen LogP contribution in [0.25, 0.3) is 0 Å². The first-order valence-corrected chi connectivity index (χ1v) is 1.15. The molecule has 0 radical (unpaired) electrons. The molecular formula is H6BiO3P. The van der Waals surface area contributed by atoms with Gasteiger partial charge in [-0.15, -0.1) is 0 Å². The van der Waals surface area contributed by atoms with Crippen LogP contribution in [0.4, 0.5) is 0 Å². The van der Waals surface area contributed by atoms with E-state index in [9.17, 15) is 0 Å².